The van der Waals surface area contributed by atoms with Crippen LogP contribution in [0, 0.1) is 0 Å². The van der Waals surface area contributed by atoms with Gasteiger partial charge in [0.15, 0.2) is 5.82 Å². The molecule has 1 fully saturated rings. The van der Waals surface area contributed by atoms with Crippen LogP contribution < -0.4 is 0 Å². The van der Waals surface area contributed by atoms with Crippen molar-refractivity contribution < 1.29 is 14.1 Å². The number of amides is 1. The van der Waals surface area contributed by atoms with E-state index in [9.17, 15) is 4.79 Å². The van der Waals surface area contributed by atoms with E-state index in [0.29, 0.717) is 49.3 Å². The van der Waals surface area contributed by atoms with E-state index in [1.807, 2.05) is 29.2 Å². The number of piperidine rings is 1. The first-order valence-corrected chi connectivity index (χ1v) is 8.37. The third-order valence-electron chi connectivity index (χ3n) is 4.15. The molecule has 0 unspecified atom stereocenters. The minimum Gasteiger partial charge on any atom is -0.384 e. The number of methoxy groups -OCH3 is 1. The van der Waals surface area contributed by atoms with Crippen molar-refractivity contribution in [3.8, 4) is 0 Å². The fourth-order valence-corrected chi connectivity index (χ4v) is 2.93. The lowest BCUT2D eigenvalue weighted by Gasteiger charge is -2.31. The van der Waals surface area contributed by atoms with Gasteiger partial charge in [-0.3, -0.25) is 4.79 Å². The van der Waals surface area contributed by atoms with E-state index in [2.05, 4.69) is 10.1 Å². The standard InChI is InChI=1S/C17H20ClN3O3/c1-23-9-8-15-19-17(24-20-15)13-4-7-16(22)21(11-13)10-12-2-5-14(18)6-3-12/h2-3,5-6,13H,4,7-11H2,1H3/t13-/m1/s1. The summed E-state index contributed by atoms with van der Waals surface area (Å²) in [5.74, 6) is 1.49. The zero-order valence-electron chi connectivity index (χ0n) is 13.6. The molecule has 0 radical (unpaired) electrons. The van der Waals surface area contributed by atoms with Crippen molar-refractivity contribution in [3.05, 3.63) is 46.6 Å². The fraction of sp³-hybridized carbons (Fsp3) is 0.471. The number of hydrogen-bond acceptors (Lipinski definition) is 5. The van der Waals surface area contributed by atoms with Gasteiger partial charge in [0.2, 0.25) is 11.8 Å². The van der Waals surface area contributed by atoms with Crippen LogP contribution in [0.1, 0.15) is 36.0 Å². The van der Waals surface area contributed by atoms with Crippen molar-refractivity contribution in [3.63, 3.8) is 0 Å². The Morgan fingerprint density at radius 2 is 2.17 bits per heavy atom. The van der Waals surface area contributed by atoms with Crippen LogP contribution in [-0.2, 0) is 22.5 Å². The summed E-state index contributed by atoms with van der Waals surface area (Å²) in [5.41, 5.74) is 1.06. The molecular formula is C17H20ClN3O3. The SMILES string of the molecule is COCCc1noc([C@@H]2CCC(=O)N(Cc3ccc(Cl)cc3)C2)n1. The van der Waals surface area contributed by atoms with Crippen LogP contribution >= 0.6 is 11.6 Å². The van der Waals surface area contributed by atoms with Gasteiger partial charge in [0, 0.05) is 38.1 Å². The second-order valence-electron chi connectivity index (χ2n) is 5.93. The predicted molar refractivity (Wildman–Crippen MR) is 88.7 cm³/mol. The molecule has 24 heavy (non-hydrogen) atoms. The highest BCUT2D eigenvalue weighted by atomic mass is 35.5. The molecule has 0 bridgehead atoms. The Morgan fingerprint density at radius 1 is 1.38 bits per heavy atom. The van der Waals surface area contributed by atoms with Gasteiger partial charge < -0.3 is 14.2 Å². The smallest absolute Gasteiger partial charge is 0.231 e. The van der Waals surface area contributed by atoms with E-state index in [1.165, 1.54) is 0 Å². The number of carbonyl (C=O) groups is 1. The summed E-state index contributed by atoms with van der Waals surface area (Å²) < 4.78 is 10.4. The Hall–Kier alpha value is -1.92. The van der Waals surface area contributed by atoms with Gasteiger partial charge in [-0.15, -0.1) is 0 Å². The third-order valence-corrected chi connectivity index (χ3v) is 4.40. The van der Waals surface area contributed by atoms with E-state index in [-0.39, 0.29) is 11.8 Å². The molecule has 1 atom stereocenters. The van der Waals surface area contributed by atoms with Crippen LogP contribution in [0.3, 0.4) is 0 Å². The lowest BCUT2D eigenvalue weighted by molar-refractivity contribution is -0.134. The van der Waals surface area contributed by atoms with Gasteiger partial charge in [0.25, 0.3) is 0 Å². The topological polar surface area (TPSA) is 68.5 Å². The summed E-state index contributed by atoms with van der Waals surface area (Å²) in [4.78, 5) is 18.5. The molecule has 128 valence electrons. The Kier molecular flexibility index (Phi) is 5.48. The molecule has 3 rings (SSSR count). The average Bonchev–Trinajstić information content (AvgIpc) is 3.06. The number of rotatable bonds is 6. The normalized spacial score (nSPS) is 18.2. The zero-order valence-corrected chi connectivity index (χ0v) is 14.3. The van der Waals surface area contributed by atoms with Gasteiger partial charge >= 0.3 is 0 Å². The molecular weight excluding hydrogens is 330 g/mol. The van der Waals surface area contributed by atoms with Crippen LogP contribution in [0.5, 0.6) is 0 Å². The molecule has 0 saturated carbocycles. The Morgan fingerprint density at radius 3 is 2.92 bits per heavy atom. The van der Waals surface area contributed by atoms with Gasteiger partial charge in [0.05, 0.1) is 12.5 Å². The average molecular weight is 350 g/mol. The van der Waals surface area contributed by atoms with Crippen molar-refractivity contribution in [2.45, 2.75) is 31.7 Å². The van der Waals surface area contributed by atoms with E-state index >= 15 is 0 Å². The molecule has 1 saturated heterocycles. The lowest BCUT2D eigenvalue weighted by atomic mass is 9.97. The van der Waals surface area contributed by atoms with Gasteiger partial charge in [-0.1, -0.05) is 28.9 Å². The van der Waals surface area contributed by atoms with Crippen molar-refractivity contribution >= 4 is 17.5 Å². The van der Waals surface area contributed by atoms with Crippen LogP contribution in [0.4, 0.5) is 0 Å². The van der Waals surface area contributed by atoms with E-state index in [1.54, 1.807) is 7.11 Å². The van der Waals surface area contributed by atoms with Gasteiger partial charge in [-0.05, 0) is 24.1 Å². The van der Waals surface area contributed by atoms with Crippen molar-refractivity contribution in [1.29, 1.82) is 0 Å². The van der Waals surface area contributed by atoms with Crippen LogP contribution in [0.25, 0.3) is 0 Å². The molecule has 7 heteroatoms. The lowest BCUT2D eigenvalue weighted by Crippen LogP contribution is -2.38. The quantitative estimate of drug-likeness (QED) is 0.802. The van der Waals surface area contributed by atoms with Gasteiger partial charge in [0.1, 0.15) is 0 Å². The predicted octanol–water partition coefficient (Wildman–Crippen LogP) is 2.82. The first-order chi connectivity index (χ1) is 11.7. The molecule has 2 aromatic rings. The summed E-state index contributed by atoms with van der Waals surface area (Å²) in [5, 5.41) is 4.67. The second-order valence-corrected chi connectivity index (χ2v) is 6.36. The molecule has 2 heterocycles. The molecule has 6 nitrogen and oxygen atoms in total. The maximum atomic E-state index is 12.2. The number of ether oxygens (including phenoxy) is 1. The van der Waals surface area contributed by atoms with E-state index in [4.69, 9.17) is 20.9 Å². The molecule has 1 amide bonds. The molecule has 0 aliphatic carbocycles. The molecule has 1 aromatic heterocycles. The first-order valence-electron chi connectivity index (χ1n) is 7.99. The van der Waals surface area contributed by atoms with Crippen LogP contribution in [0.15, 0.2) is 28.8 Å². The Bertz CT molecular complexity index is 687. The maximum Gasteiger partial charge on any atom is 0.231 e. The number of aromatic nitrogens is 2. The largest absolute Gasteiger partial charge is 0.384 e. The fourth-order valence-electron chi connectivity index (χ4n) is 2.81. The van der Waals surface area contributed by atoms with Crippen molar-refractivity contribution in [2.24, 2.45) is 0 Å². The number of likely N-dealkylation sites (tertiary alicyclic amines) is 1. The van der Waals surface area contributed by atoms with Crippen LogP contribution in [0.2, 0.25) is 5.02 Å². The summed E-state index contributed by atoms with van der Waals surface area (Å²) in [7, 11) is 1.64. The monoisotopic (exact) mass is 349 g/mol. The summed E-state index contributed by atoms with van der Waals surface area (Å²) in [6.45, 7) is 1.72. The molecule has 0 N–H and O–H groups in total. The van der Waals surface area contributed by atoms with Crippen molar-refractivity contribution in [1.82, 2.24) is 15.0 Å². The number of carbonyl (C=O) groups excluding carboxylic acids is 1. The Labute approximate surface area is 145 Å². The highest BCUT2D eigenvalue weighted by molar-refractivity contribution is 6.30. The number of halogens is 1. The van der Waals surface area contributed by atoms with Crippen molar-refractivity contribution in [2.75, 3.05) is 20.3 Å². The minimum absolute atomic E-state index is 0.0822. The zero-order chi connectivity index (χ0) is 16.9. The molecule has 1 aromatic carbocycles. The highest BCUT2D eigenvalue weighted by Gasteiger charge is 2.30. The highest BCUT2D eigenvalue weighted by Crippen LogP contribution is 2.27. The molecule has 0 spiro atoms. The third kappa shape index (κ3) is 4.13. The van der Waals surface area contributed by atoms with E-state index < -0.39 is 0 Å². The van der Waals surface area contributed by atoms with E-state index in [0.717, 1.165) is 12.0 Å². The Balaban J connectivity index is 1.65. The molecule has 1 aliphatic heterocycles. The number of nitrogens with zero attached hydrogens (tertiary/aromatic N) is 3. The number of benzene rings is 1. The van der Waals surface area contributed by atoms with Crippen LogP contribution in [-0.4, -0.2) is 41.2 Å². The summed E-state index contributed by atoms with van der Waals surface area (Å²) in [6.07, 6.45) is 1.86. The minimum atomic E-state index is 0.0822. The summed E-state index contributed by atoms with van der Waals surface area (Å²) in [6, 6.07) is 7.55. The molecule has 1 aliphatic rings. The summed E-state index contributed by atoms with van der Waals surface area (Å²) >= 11 is 5.91. The first kappa shape index (κ1) is 16.9. The maximum absolute atomic E-state index is 12.2. The van der Waals surface area contributed by atoms with Gasteiger partial charge in [-0.25, -0.2) is 0 Å². The second kappa shape index (κ2) is 7.77. The number of hydrogen-bond donors (Lipinski definition) is 0. The van der Waals surface area contributed by atoms with Gasteiger partial charge in [-0.2, -0.15) is 4.98 Å².